The number of benzene rings is 1. The maximum absolute atomic E-state index is 11.8. The summed E-state index contributed by atoms with van der Waals surface area (Å²) in [7, 11) is 0. The Kier molecular flexibility index (Phi) is 6.07. The molecule has 0 radical (unpaired) electrons. The molecule has 0 saturated carbocycles. The minimum atomic E-state index is -1.00. The zero-order valence-corrected chi connectivity index (χ0v) is 12.9. The van der Waals surface area contributed by atoms with E-state index in [4.69, 9.17) is 5.11 Å². The second kappa shape index (κ2) is 7.33. The Labute approximate surface area is 124 Å². The predicted octanol–water partition coefficient (Wildman–Crippen LogP) is 2.58. The summed E-state index contributed by atoms with van der Waals surface area (Å²) >= 11 is 1.78. The van der Waals surface area contributed by atoms with E-state index in [0.717, 1.165) is 5.75 Å². The number of nitrogens with one attached hydrogen (secondary N) is 1. The van der Waals surface area contributed by atoms with E-state index in [1.807, 2.05) is 0 Å². The maximum Gasteiger partial charge on any atom is 0.335 e. The minimum absolute atomic E-state index is 0.0999. The smallest absolute Gasteiger partial charge is 0.335 e. The van der Waals surface area contributed by atoms with Crippen molar-refractivity contribution in [3.8, 4) is 0 Å². The average molecular weight is 295 g/mol. The van der Waals surface area contributed by atoms with Crippen molar-refractivity contribution in [3.05, 3.63) is 35.4 Å². The molecule has 0 saturated heterocycles. The van der Waals surface area contributed by atoms with E-state index in [2.05, 4.69) is 26.1 Å². The van der Waals surface area contributed by atoms with Gasteiger partial charge in [0.1, 0.15) is 0 Å². The van der Waals surface area contributed by atoms with Crippen molar-refractivity contribution in [2.45, 2.75) is 31.9 Å². The summed E-state index contributed by atoms with van der Waals surface area (Å²) < 4.78 is 0.181. The van der Waals surface area contributed by atoms with E-state index in [-0.39, 0.29) is 22.6 Å². The zero-order valence-electron chi connectivity index (χ0n) is 12.1. The van der Waals surface area contributed by atoms with Gasteiger partial charge in [0.25, 0.3) is 0 Å². The highest BCUT2D eigenvalue weighted by Crippen LogP contribution is 2.22. The van der Waals surface area contributed by atoms with Gasteiger partial charge in [-0.2, -0.15) is 11.8 Å². The first-order chi connectivity index (χ1) is 9.29. The molecule has 0 heterocycles. The molecule has 0 fully saturated rings. The van der Waals surface area contributed by atoms with Crippen LogP contribution in [-0.2, 0) is 11.2 Å². The van der Waals surface area contributed by atoms with Gasteiger partial charge in [-0.05, 0) is 11.6 Å². The molecule has 0 aliphatic carbocycles. The molecule has 1 aromatic rings. The molecule has 2 N–H and O–H groups in total. The summed E-state index contributed by atoms with van der Waals surface area (Å²) in [5.41, 5.74) is 0.729. The van der Waals surface area contributed by atoms with Crippen LogP contribution in [0.3, 0.4) is 0 Å². The van der Waals surface area contributed by atoms with Gasteiger partial charge in [0.15, 0.2) is 0 Å². The summed E-state index contributed by atoms with van der Waals surface area (Å²) in [4.78, 5) is 22.8. The predicted molar refractivity (Wildman–Crippen MR) is 82.3 cm³/mol. The lowest BCUT2D eigenvalue weighted by atomic mass is 10.0. The highest BCUT2D eigenvalue weighted by atomic mass is 32.2. The van der Waals surface area contributed by atoms with Gasteiger partial charge in [-0.3, -0.25) is 4.79 Å². The maximum atomic E-state index is 11.8. The molecule has 110 valence electrons. The molecule has 5 heteroatoms. The number of thioether (sulfide) groups is 1. The number of carboxylic acid groups (broad SMARTS) is 1. The van der Waals surface area contributed by atoms with Crippen LogP contribution in [0, 0.1) is 0 Å². The summed E-state index contributed by atoms with van der Waals surface area (Å²) in [6.45, 7) is 6.98. The first-order valence-corrected chi connectivity index (χ1v) is 7.50. The van der Waals surface area contributed by atoms with Crippen LogP contribution in [0.1, 0.15) is 36.7 Å². The first kappa shape index (κ1) is 16.6. The van der Waals surface area contributed by atoms with Gasteiger partial charge >= 0.3 is 5.97 Å². The molecule has 0 aliphatic heterocycles. The number of carbonyl (C=O) groups excluding carboxylic acids is 1. The fraction of sp³-hybridized carbons (Fsp3) is 0.467. The van der Waals surface area contributed by atoms with Crippen LogP contribution in [0.15, 0.2) is 24.3 Å². The average Bonchev–Trinajstić information content (AvgIpc) is 2.34. The Bertz CT molecular complexity index is 480. The number of rotatable bonds is 6. The molecule has 20 heavy (non-hydrogen) atoms. The van der Waals surface area contributed by atoms with E-state index in [9.17, 15) is 9.59 Å². The Balaban J connectivity index is 2.45. The fourth-order valence-corrected chi connectivity index (χ4v) is 2.48. The van der Waals surface area contributed by atoms with Crippen LogP contribution in [0.5, 0.6) is 0 Å². The lowest BCUT2D eigenvalue weighted by molar-refractivity contribution is -0.120. The van der Waals surface area contributed by atoms with Crippen LogP contribution in [0.2, 0.25) is 0 Å². The molecule has 4 nitrogen and oxygen atoms in total. The van der Waals surface area contributed by atoms with Crippen LogP contribution in [0.4, 0.5) is 0 Å². The molecule has 0 spiro atoms. The van der Waals surface area contributed by atoms with E-state index >= 15 is 0 Å². The van der Waals surface area contributed by atoms with Gasteiger partial charge in [-0.25, -0.2) is 4.79 Å². The number of amides is 1. The van der Waals surface area contributed by atoms with Crippen LogP contribution in [0.25, 0.3) is 0 Å². The number of aromatic carboxylic acids is 1. The lowest BCUT2D eigenvalue weighted by Crippen LogP contribution is -2.28. The number of carboxylic acids is 1. The molecule has 1 rings (SSSR count). The van der Waals surface area contributed by atoms with Gasteiger partial charge < -0.3 is 10.4 Å². The summed E-state index contributed by atoms with van der Waals surface area (Å²) in [5.74, 6) is -0.305. The third-order valence-corrected chi connectivity index (χ3v) is 3.83. The zero-order chi connectivity index (χ0) is 15.2. The highest BCUT2D eigenvalue weighted by molar-refractivity contribution is 8.00. The van der Waals surface area contributed by atoms with E-state index in [1.54, 1.807) is 30.0 Å². The van der Waals surface area contributed by atoms with Gasteiger partial charge in [-0.15, -0.1) is 0 Å². The highest BCUT2D eigenvalue weighted by Gasteiger charge is 2.13. The molecular formula is C15H21NO3S. The Morgan fingerprint density at radius 1 is 1.25 bits per heavy atom. The Morgan fingerprint density at radius 2 is 1.90 bits per heavy atom. The third kappa shape index (κ3) is 6.10. The van der Waals surface area contributed by atoms with Crippen molar-refractivity contribution in [1.29, 1.82) is 0 Å². The van der Waals surface area contributed by atoms with E-state index < -0.39 is 5.97 Å². The number of hydrogen-bond donors (Lipinski definition) is 2. The second-order valence-corrected chi connectivity index (χ2v) is 7.37. The van der Waals surface area contributed by atoms with Crippen molar-refractivity contribution in [3.63, 3.8) is 0 Å². The van der Waals surface area contributed by atoms with Crippen LogP contribution < -0.4 is 5.32 Å². The topological polar surface area (TPSA) is 66.4 Å². The summed E-state index contributed by atoms with van der Waals surface area (Å²) in [6, 6.07) is 6.59. The molecule has 0 aliphatic rings. The normalized spacial score (nSPS) is 11.2. The Morgan fingerprint density at radius 3 is 2.50 bits per heavy atom. The molecule has 1 amide bonds. The van der Waals surface area contributed by atoms with Crippen molar-refractivity contribution in [2.75, 3.05) is 12.3 Å². The first-order valence-electron chi connectivity index (χ1n) is 6.51. The van der Waals surface area contributed by atoms with Gasteiger partial charge in [0.2, 0.25) is 5.91 Å². The number of hydrogen-bond acceptors (Lipinski definition) is 3. The fourth-order valence-electron chi connectivity index (χ4n) is 1.67. The van der Waals surface area contributed by atoms with Crippen molar-refractivity contribution in [1.82, 2.24) is 5.32 Å². The van der Waals surface area contributed by atoms with Gasteiger partial charge in [0.05, 0.1) is 12.0 Å². The summed E-state index contributed by atoms with van der Waals surface area (Å²) in [5, 5.41) is 11.9. The second-order valence-electron chi connectivity index (χ2n) is 5.45. The Hall–Kier alpha value is -1.49. The van der Waals surface area contributed by atoms with Crippen molar-refractivity contribution >= 4 is 23.6 Å². The molecule has 0 unspecified atom stereocenters. The molecular weight excluding hydrogens is 274 g/mol. The molecule has 0 bridgehead atoms. The van der Waals surface area contributed by atoms with Gasteiger partial charge in [-0.1, -0.05) is 39.0 Å². The largest absolute Gasteiger partial charge is 0.478 e. The van der Waals surface area contributed by atoms with E-state index in [1.165, 1.54) is 6.07 Å². The minimum Gasteiger partial charge on any atom is -0.478 e. The van der Waals surface area contributed by atoms with Crippen LogP contribution in [-0.4, -0.2) is 34.0 Å². The van der Waals surface area contributed by atoms with Crippen LogP contribution >= 0.6 is 11.8 Å². The SMILES string of the molecule is CC(C)(C)SCCNC(=O)Cc1ccccc1C(=O)O. The van der Waals surface area contributed by atoms with Crippen molar-refractivity contribution in [2.24, 2.45) is 0 Å². The quantitative estimate of drug-likeness (QED) is 0.792. The van der Waals surface area contributed by atoms with E-state index in [0.29, 0.717) is 12.1 Å². The van der Waals surface area contributed by atoms with Gasteiger partial charge in [0, 0.05) is 17.0 Å². The lowest BCUT2D eigenvalue weighted by Gasteiger charge is -2.17. The van der Waals surface area contributed by atoms with Crippen molar-refractivity contribution < 1.29 is 14.7 Å². The summed E-state index contributed by atoms with van der Waals surface area (Å²) in [6.07, 6.45) is 0.0999. The standard InChI is InChI=1S/C15H21NO3S/c1-15(2,3)20-9-8-16-13(17)10-11-6-4-5-7-12(11)14(18)19/h4-7H,8-10H2,1-3H3,(H,16,17)(H,18,19). The molecule has 0 aromatic heterocycles. The monoisotopic (exact) mass is 295 g/mol. The number of carbonyl (C=O) groups is 2. The third-order valence-electron chi connectivity index (χ3n) is 2.56. The molecule has 0 atom stereocenters. The molecule has 1 aromatic carbocycles.